The molecule has 0 aromatic carbocycles. The molecule has 1 rings (SSSR count). The van der Waals surface area contributed by atoms with Gasteiger partial charge in [0.05, 0.1) is 0 Å². The number of nitrogens with zero attached hydrogens (tertiary/aromatic N) is 3. The van der Waals surface area contributed by atoms with E-state index in [4.69, 9.17) is 0 Å². The van der Waals surface area contributed by atoms with Crippen molar-refractivity contribution >= 4 is 17.8 Å². The number of rotatable bonds is 11. The van der Waals surface area contributed by atoms with Crippen LogP contribution in [0.5, 0.6) is 0 Å². The first-order valence-electron chi connectivity index (χ1n) is 10.2. The summed E-state index contributed by atoms with van der Waals surface area (Å²) in [5.41, 5.74) is 0. The summed E-state index contributed by atoms with van der Waals surface area (Å²) in [6.07, 6.45) is 3.96. The minimum absolute atomic E-state index is 0.164. The highest BCUT2D eigenvalue weighted by atomic mass is 16.2. The number of nitrogens with one attached hydrogen (secondary N) is 2. The summed E-state index contributed by atoms with van der Waals surface area (Å²) in [6, 6.07) is 0.279. The number of likely N-dealkylation sites (tertiary alicyclic amines) is 1. The Balaban J connectivity index is 2.44. The molecule has 7 nitrogen and oxygen atoms in total. The van der Waals surface area contributed by atoms with Crippen molar-refractivity contribution in [1.82, 2.24) is 20.4 Å². The summed E-state index contributed by atoms with van der Waals surface area (Å²) >= 11 is 0. The molecule has 7 heteroatoms. The van der Waals surface area contributed by atoms with E-state index in [1.54, 1.807) is 0 Å². The van der Waals surface area contributed by atoms with E-state index in [9.17, 15) is 9.59 Å². The standard InChI is InChI=1S/C19H37N5O2/c1-5-16(24-15-9-10-18(24)26)11-13-21-19(20-6-2)22-14-12-17(25)23(7-3)8-4/h16H,5-15H2,1-4H3,(H2,20,21,22). The molecule has 0 aromatic heterocycles. The maximum absolute atomic E-state index is 12.1. The molecule has 150 valence electrons. The Hall–Kier alpha value is -1.79. The lowest BCUT2D eigenvalue weighted by atomic mass is 10.1. The molecule has 1 heterocycles. The summed E-state index contributed by atoms with van der Waals surface area (Å²) in [7, 11) is 0. The van der Waals surface area contributed by atoms with Crippen molar-refractivity contribution in [3.8, 4) is 0 Å². The van der Waals surface area contributed by atoms with Gasteiger partial charge in [0, 0.05) is 58.2 Å². The molecule has 0 aromatic rings. The van der Waals surface area contributed by atoms with Gasteiger partial charge < -0.3 is 20.4 Å². The molecule has 1 aliphatic rings. The molecule has 1 atom stereocenters. The van der Waals surface area contributed by atoms with Crippen LogP contribution >= 0.6 is 0 Å². The molecule has 0 radical (unpaired) electrons. The Morgan fingerprint density at radius 2 is 1.96 bits per heavy atom. The quantitative estimate of drug-likeness (QED) is 0.429. The van der Waals surface area contributed by atoms with Crippen LogP contribution in [0.15, 0.2) is 4.99 Å². The van der Waals surface area contributed by atoms with E-state index < -0.39 is 0 Å². The molecule has 1 aliphatic heterocycles. The Bertz CT molecular complexity index is 463. The summed E-state index contributed by atoms with van der Waals surface area (Å²) in [4.78, 5) is 32.4. The van der Waals surface area contributed by atoms with Crippen molar-refractivity contribution in [2.24, 2.45) is 4.99 Å². The summed E-state index contributed by atoms with van der Waals surface area (Å²) in [5.74, 6) is 1.18. The fraction of sp³-hybridized carbons (Fsp3) is 0.842. The van der Waals surface area contributed by atoms with Gasteiger partial charge in [0.1, 0.15) is 0 Å². The second-order valence-electron chi connectivity index (χ2n) is 6.54. The summed E-state index contributed by atoms with van der Waals surface area (Å²) < 4.78 is 0. The van der Waals surface area contributed by atoms with Crippen LogP contribution in [0, 0.1) is 0 Å². The van der Waals surface area contributed by atoms with Gasteiger partial charge in [-0.1, -0.05) is 6.92 Å². The predicted octanol–water partition coefficient (Wildman–Crippen LogP) is 1.59. The van der Waals surface area contributed by atoms with Crippen LogP contribution in [0.1, 0.15) is 59.8 Å². The van der Waals surface area contributed by atoms with Gasteiger partial charge in [-0.3, -0.25) is 14.6 Å². The Kier molecular flexibility index (Phi) is 10.7. The monoisotopic (exact) mass is 367 g/mol. The number of carbonyl (C=O) groups excluding carboxylic acids is 2. The zero-order chi connectivity index (χ0) is 19.4. The van der Waals surface area contributed by atoms with Crippen LogP contribution in [-0.4, -0.2) is 72.9 Å². The van der Waals surface area contributed by atoms with E-state index in [1.807, 2.05) is 30.6 Å². The zero-order valence-electron chi connectivity index (χ0n) is 17.0. The highest BCUT2D eigenvalue weighted by molar-refractivity contribution is 5.81. The Morgan fingerprint density at radius 1 is 1.23 bits per heavy atom. The average Bonchev–Trinajstić information content (AvgIpc) is 3.05. The minimum Gasteiger partial charge on any atom is -0.357 e. The molecule has 0 spiro atoms. The van der Waals surface area contributed by atoms with Gasteiger partial charge in [0.2, 0.25) is 11.8 Å². The van der Waals surface area contributed by atoms with Crippen LogP contribution in [0.25, 0.3) is 0 Å². The fourth-order valence-electron chi connectivity index (χ4n) is 3.32. The second kappa shape index (κ2) is 12.5. The smallest absolute Gasteiger partial charge is 0.224 e. The van der Waals surface area contributed by atoms with Gasteiger partial charge in [-0.15, -0.1) is 0 Å². The lowest BCUT2D eigenvalue weighted by Gasteiger charge is -2.26. The molecule has 26 heavy (non-hydrogen) atoms. The first kappa shape index (κ1) is 22.3. The highest BCUT2D eigenvalue weighted by Crippen LogP contribution is 2.17. The second-order valence-corrected chi connectivity index (χ2v) is 6.54. The third-order valence-corrected chi connectivity index (χ3v) is 4.85. The summed E-state index contributed by atoms with van der Waals surface area (Å²) in [6.45, 7) is 12.5. The van der Waals surface area contributed by atoms with Crippen LogP contribution in [0.3, 0.4) is 0 Å². The largest absolute Gasteiger partial charge is 0.357 e. The number of carbonyl (C=O) groups is 2. The fourth-order valence-corrected chi connectivity index (χ4v) is 3.32. The maximum Gasteiger partial charge on any atom is 0.224 e. The first-order valence-corrected chi connectivity index (χ1v) is 10.2. The lowest BCUT2D eigenvalue weighted by molar-refractivity contribution is -0.131. The van der Waals surface area contributed by atoms with Gasteiger partial charge >= 0.3 is 0 Å². The van der Waals surface area contributed by atoms with Crippen molar-refractivity contribution in [3.63, 3.8) is 0 Å². The molecular weight excluding hydrogens is 330 g/mol. The van der Waals surface area contributed by atoms with Crippen molar-refractivity contribution in [2.75, 3.05) is 39.3 Å². The van der Waals surface area contributed by atoms with E-state index in [0.29, 0.717) is 25.9 Å². The maximum atomic E-state index is 12.1. The topological polar surface area (TPSA) is 77.0 Å². The normalized spacial score (nSPS) is 15.9. The molecule has 1 saturated heterocycles. The van der Waals surface area contributed by atoms with Crippen molar-refractivity contribution in [3.05, 3.63) is 0 Å². The van der Waals surface area contributed by atoms with E-state index in [0.717, 1.165) is 51.4 Å². The number of hydrogen-bond acceptors (Lipinski definition) is 3. The lowest BCUT2D eigenvalue weighted by Crippen LogP contribution is -2.40. The van der Waals surface area contributed by atoms with Crippen LogP contribution in [-0.2, 0) is 9.59 Å². The van der Waals surface area contributed by atoms with E-state index >= 15 is 0 Å². The molecule has 1 unspecified atom stereocenters. The average molecular weight is 368 g/mol. The number of amides is 2. The highest BCUT2D eigenvalue weighted by Gasteiger charge is 2.26. The number of aliphatic imine (C=N–C) groups is 1. The summed E-state index contributed by atoms with van der Waals surface area (Å²) in [5, 5.41) is 6.45. The van der Waals surface area contributed by atoms with E-state index in [1.165, 1.54) is 0 Å². The zero-order valence-corrected chi connectivity index (χ0v) is 17.0. The third-order valence-electron chi connectivity index (χ3n) is 4.85. The molecule has 0 aliphatic carbocycles. The molecule has 2 N–H and O–H groups in total. The van der Waals surface area contributed by atoms with Gasteiger partial charge in [-0.2, -0.15) is 0 Å². The van der Waals surface area contributed by atoms with Crippen molar-refractivity contribution in [2.45, 2.75) is 65.8 Å². The first-order chi connectivity index (χ1) is 12.6. The van der Waals surface area contributed by atoms with Crippen LogP contribution < -0.4 is 10.6 Å². The van der Waals surface area contributed by atoms with E-state index in [2.05, 4.69) is 22.5 Å². The van der Waals surface area contributed by atoms with Gasteiger partial charge in [0.15, 0.2) is 5.96 Å². The molecule has 1 fully saturated rings. The number of guanidine groups is 1. The Labute approximate surface area is 158 Å². The third kappa shape index (κ3) is 7.22. The molecular formula is C19H37N5O2. The van der Waals surface area contributed by atoms with E-state index in [-0.39, 0.29) is 17.9 Å². The van der Waals surface area contributed by atoms with Crippen molar-refractivity contribution in [1.29, 1.82) is 0 Å². The molecule has 0 saturated carbocycles. The van der Waals surface area contributed by atoms with Gasteiger partial charge in [-0.25, -0.2) is 0 Å². The Morgan fingerprint density at radius 3 is 2.50 bits per heavy atom. The SMILES string of the molecule is CCNC(=NCCC(CC)N1CCCC1=O)NCCC(=O)N(CC)CC. The predicted molar refractivity (Wildman–Crippen MR) is 106 cm³/mol. The van der Waals surface area contributed by atoms with Crippen LogP contribution in [0.4, 0.5) is 0 Å². The number of hydrogen-bond donors (Lipinski definition) is 2. The van der Waals surface area contributed by atoms with Gasteiger partial charge in [0.25, 0.3) is 0 Å². The van der Waals surface area contributed by atoms with Crippen molar-refractivity contribution < 1.29 is 9.59 Å². The molecule has 2 amide bonds. The van der Waals surface area contributed by atoms with Crippen LogP contribution in [0.2, 0.25) is 0 Å². The van der Waals surface area contributed by atoms with Gasteiger partial charge in [-0.05, 0) is 40.0 Å². The molecule has 0 bridgehead atoms. The minimum atomic E-state index is 0.164.